The zero-order chi connectivity index (χ0) is 8.43. The minimum Gasteiger partial charge on any atom is -0.398 e. The van der Waals surface area contributed by atoms with Crippen molar-refractivity contribution >= 4 is 23.1 Å². The van der Waals surface area contributed by atoms with Gasteiger partial charge in [-0.05, 0) is 12.1 Å². The van der Waals surface area contributed by atoms with Gasteiger partial charge < -0.3 is 5.73 Å². The lowest BCUT2D eigenvalue weighted by atomic mass is 10.2. The van der Waals surface area contributed by atoms with Crippen LogP contribution in [0.25, 0.3) is 5.83 Å². The minimum atomic E-state index is -0.506. The highest BCUT2D eigenvalue weighted by Crippen LogP contribution is 2.23. The molecule has 1 nitrogen and oxygen atoms in total. The zero-order valence-corrected chi connectivity index (χ0v) is 6.53. The molecule has 0 atom stereocenters. The van der Waals surface area contributed by atoms with E-state index in [0.29, 0.717) is 16.3 Å². The van der Waals surface area contributed by atoms with Gasteiger partial charge in [-0.15, -0.1) is 0 Å². The van der Waals surface area contributed by atoms with Crippen molar-refractivity contribution in [2.24, 2.45) is 0 Å². The monoisotopic (exact) mass is 171 g/mol. The smallest absolute Gasteiger partial charge is 0.123 e. The number of halogens is 2. The molecular formula is C8H7ClFN. The van der Waals surface area contributed by atoms with Crippen molar-refractivity contribution in [2.45, 2.75) is 0 Å². The van der Waals surface area contributed by atoms with Crippen LogP contribution in [-0.4, -0.2) is 0 Å². The lowest BCUT2D eigenvalue weighted by Crippen LogP contribution is -1.87. The molecule has 11 heavy (non-hydrogen) atoms. The van der Waals surface area contributed by atoms with Gasteiger partial charge in [0.25, 0.3) is 0 Å². The van der Waals surface area contributed by atoms with Crippen molar-refractivity contribution in [1.82, 2.24) is 0 Å². The van der Waals surface area contributed by atoms with Gasteiger partial charge in [-0.3, -0.25) is 0 Å². The summed E-state index contributed by atoms with van der Waals surface area (Å²) in [6.45, 7) is 3.13. The summed E-state index contributed by atoms with van der Waals surface area (Å²) in [5.41, 5.74) is 6.15. The van der Waals surface area contributed by atoms with Gasteiger partial charge in [0.05, 0.1) is 10.7 Å². The summed E-state index contributed by atoms with van der Waals surface area (Å²) in [7, 11) is 0. The van der Waals surface area contributed by atoms with E-state index in [1.54, 1.807) is 0 Å². The molecule has 0 saturated carbocycles. The molecule has 1 aromatic carbocycles. The van der Waals surface area contributed by atoms with Crippen molar-refractivity contribution in [2.75, 3.05) is 5.73 Å². The predicted octanol–water partition coefficient (Wildman–Crippen LogP) is 2.86. The number of hydrogen-bond donors (Lipinski definition) is 1. The van der Waals surface area contributed by atoms with Gasteiger partial charge in [0, 0.05) is 5.56 Å². The molecule has 0 aliphatic rings. The molecule has 0 aromatic heterocycles. The summed E-state index contributed by atoms with van der Waals surface area (Å²) < 4.78 is 12.5. The molecule has 0 bridgehead atoms. The van der Waals surface area contributed by atoms with E-state index in [0.717, 1.165) is 0 Å². The van der Waals surface area contributed by atoms with E-state index in [9.17, 15) is 4.39 Å². The third-order valence-electron chi connectivity index (χ3n) is 1.31. The Kier molecular flexibility index (Phi) is 2.15. The molecule has 0 fully saturated rings. The molecule has 0 spiro atoms. The Balaban J connectivity index is 3.15. The molecule has 0 aliphatic carbocycles. The quantitative estimate of drug-likeness (QED) is 0.646. The van der Waals surface area contributed by atoms with Crippen LogP contribution in [0.4, 0.5) is 10.1 Å². The zero-order valence-electron chi connectivity index (χ0n) is 5.77. The second kappa shape index (κ2) is 2.93. The molecule has 1 aromatic rings. The third kappa shape index (κ3) is 1.71. The first-order valence-electron chi connectivity index (χ1n) is 3.01. The first kappa shape index (κ1) is 8.08. The van der Waals surface area contributed by atoms with E-state index in [1.807, 2.05) is 0 Å². The maximum atomic E-state index is 12.5. The Hall–Kier alpha value is -1.02. The van der Waals surface area contributed by atoms with E-state index >= 15 is 0 Å². The Bertz CT molecular complexity index is 296. The van der Waals surface area contributed by atoms with Crippen molar-refractivity contribution in [3.63, 3.8) is 0 Å². The maximum absolute atomic E-state index is 12.5. The van der Waals surface area contributed by atoms with Crippen LogP contribution in [0.1, 0.15) is 5.56 Å². The van der Waals surface area contributed by atoms with Crippen molar-refractivity contribution in [3.05, 3.63) is 35.4 Å². The van der Waals surface area contributed by atoms with Gasteiger partial charge >= 0.3 is 0 Å². The highest BCUT2D eigenvalue weighted by Gasteiger charge is 1.99. The lowest BCUT2D eigenvalue weighted by molar-refractivity contribution is 0.763. The highest BCUT2D eigenvalue weighted by molar-refractivity contribution is 6.33. The number of hydrogen-bond acceptors (Lipinski definition) is 1. The van der Waals surface area contributed by atoms with Crippen molar-refractivity contribution < 1.29 is 4.39 Å². The van der Waals surface area contributed by atoms with Gasteiger partial charge in [-0.25, -0.2) is 4.39 Å². The van der Waals surface area contributed by atoms with Crippen LogP contribution in [0.3, 0.4) is 0 Å². The van der Waals surface area contributed by atoms with E-state index in [-0.39, 0.29) is 0 Å². The first-order chi connectivity index (χ1) is 5.11. The summed E-state index contributed by atoms with van der Waals surface area (Å²) in [5.74, 6) is -0.506. The van der Waals surface area contributed by atoms with Crippen LogP contribution in [0, 0.1) is 0 Å². The van der Waals surface area contributed by atoms with Gasteiger partial charge in [-0.1, -0.05) is 24.2 Å². The first-order valence-corrected chi connectivity index (χ1v) is 3.39. The fourth-order valence-electron chi connectivity index (χ4n) is 0.712. The van der Waals surface area contributed by atoms with Crippen LogP contribution < -0.4 is 5.73 Å². The Morgan fingerprint density at radius 3 is 2.64 bits per heavy atom. The molecule has 0 amide bonds. The molecule has 0 aliphatic heterocycles. The predicted molar refractivity (Wildman–Crippen MR) is 46.0 cm³/mol. The molecule has 3 heteroatoms. The number of nitrogen functional groups attached to an aromatic ring is 1. The molecule has 0 radical (unpaired) electrons. The summed E-state index contributed by atoms with van der Waals surface area (Å²) in [6, 6.07) is 4.52. The second-order valence-electron chi connectivity index (χ2n) is 2.14. The molecular weight excluding hydrogens is 165 g/mol. The number of nitrogens with two attached hydrogens (primary N) is 1. The molecule has 0 saturated heterocycles. The molecule has 2 N–H and O–H groups in total. The van der Waals surface area contributed by atoms with Crippen LogP contribution in [0.2, 0.25) is 5.02 Å². The van der Waals surface area contributed by atoms with E-state index < -0.39 is 5.83 Å². The number of rotatable bonds is 1. The maximum Gasteiger partial charge on any atom is 0.123 e. The minimum absolute atomic E-state index is 0.364. The average molecular weight is 172 g/mol. The summed E-state index contributed by atoms with van der Waals surface area (Å²) >= 11 is 5.61. The van der Waals surface area contributed by atoms with Crippen LogP contribution >= 0.6 is 11.6 Å². The Labute approximate surface area is 69.3 Å². The molecule has 0 heterocycles. The standard InChI is InChI=1S/C8H7ClFN/c1-5(10)6-2-3-7(9)8(11)4-6/h2-4H,1,11H2. The van der Waals surface area contributed by atoms with Crippen LogP contribution in [-0.2, 0) is 0 Å². The lowest BCUT2D eigenvalue weighted by Gasteiger charge is -1.99. The topological polar surface area (TPSA) is 26.0 Å². The Morgan fingerprint density at radius 2 is 2.18 bits per heavy atom. The third-order valence-corrected chi connectivity index (χ3v) is 1.65. The number of benzene rings is 1. The van der Waals surface area contributed by atoms with Crippen molar-refractivity contribution in [3.8, 4) is 0 Å². The number of anilines is 1. The highest BCUT2D eigenvalue weighted by atomic mass is 35.5. The van der Waals surface area contributed by atoms with Crippen LogP contribution in [0.5, 0.6) is 0 Å². The molecule has 58 valence electrons. The normalized spacial score (nSPS) is 9.64. The summed E-state index contributed by atoms with van der Waals surface area (Å²) in [6.07, 6.45) is 0. The van der Waals surface area contributed by atoms with Gasteiger partial charge in [0.1, 0.15) is 5.83 Å². The van der Waals surface area contributed by atoms with Gasteiger partial charge in [0.15, 0.2) is 0 Å². The molecule has 1 rings (SSSR count). The average Bonchev–Trinajstić information content (AvgIpc) is 1.94. The summed E-state index contributed by atoms with van der Waals surface area (Å²) in [5, 5.41) is 0.426. The van der Waals surface area contributed by atoms with E-state index in [4.69, 9.17) is 17.3 Å². The van der Waals surface area contributed by atoms with Gasteiger partial charge in [-0.2, -0.15) is 0 Å². The molecule has 0 unspecified atom stereocenters. The fourth-order valence-corrected chi connectivity index (χ4v) is 0.830. The van der Waals surface area contributed by atoms with Gasteiger partial charge in [0.2, 0.25) is 0 Å². The van der Waals surface area contributed by atoms with Crippen LogP contribution in [0.15, 0.2) is 24.8 Å². The summed E-state index contributed by atoms with van der Waals surface area (Å²) in [4.78, 5) is 0. The Morgan fingerprint density at radius 1 is 1.55 bits per heavy atom. The second-order valence-corrected chi connectivity index (χ2v) is 2.55. The van der Waals surface area contributed by atoms with E-state index in [2.05, 4.69) is 6.58 Å². The largest absolute Gasteiger partial charge is 0.398 e. The fraction of sp³-hybridized carbons (Fsp3) is 0. The van der Waals surface area contributed by atoms with Crippen molar-refractivity contribution in [1.29, 1.82) is 0 Å². The SMILES string of the molecule is C=C(F)c1ccc(Cl)c(N)c1. The van der Waals surface area contributed by atoms with E-state index in [1.165, 1.54) is 18.2 Å².